The van der Waals surface area contributed by atoms with Crippen molar-refractivity contribution in [2.75, 3.05) is 7.11 Å². The van der Waals surface area contributed by atoms with E-state index in [4.69, 9.17) is 4.74 Å². The van der Waals surface area contributed by atoms with Crippen LogP contribution in [0.1, 0.15) is 50.0 Å². The van der Waals surface area contributed by atoms with Crippen molar-refractivity contribution in [2.45, 2.75) is 52.6 Å². The van der Waals surface area contributed by atoms with Crippen LogP contribution in [0.25, 0.3) is 22.2 Å². The van der Waals surface area contributed by atoms with Gasteiger partial charge in [-0.1, -0.05) is 26.7 Å². The van der Waals surface area contributed by atoms with E-state index in [1.54, 1.807) is 17.9 Å². The predicted octanol–water partition coefficient (Wildman–Crippen LogP) is 4.81. The third kappa shape index (κ3) is 3.84. The molecule has 27 heavy (non-hydrogen) atoms. The number of hydrogen-bond donors (Lipinski definition) is 1. The summed E-state index contributed by atoms with van der Waals surface area (Å²) in [7, 11) is 1.65. The molecule has 0 spiro atoms. The number of hydrogen-bond acceptors (Lipinski definition) is 3. The number of carbonyl (C=O) groups is 1. The fourth-order valence-electron chi connectivity index (χ4n) is 3.32. The maximum absolute atomic E-state index is 11.7. The largest absolute Gasteiger partial charge is 0.497 e. The Bertz CT molecular complexity index is 940. The van der Waals surface area contributed by atoms with Crippen LogP contribution in [0.2, 0.25) is 0 Å². The number of aromatic carboxylic acids is 1. The zero-order chi connectivity index (χ0) is 19.4. The lowest BCUT2D eigenvalue weighted by Gasteiger charge is -2.04. The molecule has 0 amide bonds. The first-order valence-electron chi connectivity index (χ1n) is 9.57. The summed E-state index contributed by atoms with van der Waals surface area (Å²) in [6.45, 7) is 5.78. The maximum Gasteiger partial charge on any atom is 0.354 e. The number of benzene rings is 1. The Morgan fingerprint density at radius 2 is 1.89 bits per heavy atom. The highest BCUT2D eigenvalue weighted by Gasteiger charge is 2.19. The topological polar surface area (TPSA) is 69.3 Å². The number of fused-ring (bicyclic) bond motifs is 1. The van der Waals surface area contributed by atoms with E-state index in [0.29, 0.717) is 12.2 Å². The lowest BCUT2D eigenvalue weighted by molar-refractivity contribution is 0.0683. The molecule has 0 radical (unpaired) electrons. The minimum atomic E-state index is -0.947. The van der Waals surface area contributed by atoms with Gasteiger partial charge in [0.2, 0.25) is 0 Å². The molecule has 0 unspecified atom stereocenters. The van der Waals surface area contributed by atoms with Crippen LogP contribution in [0.4, 0.5) is 0 Å². The summed E-state index contributed by atoms with van der Waals surface area (Å²) >= 11 is 0. The fraction of sp³-hybridized carbons (Fsp3) is 0.429. The van der Waals surface area contributed by atoms with Crippen molar-refractivity contribution in [2.24, 2.45) is 0 Å². The fourth-order valence-corrected chi connectivity index (χ4v) is 3.32. The third-order valence-corrected chi connectivity index (χ3v) is 4.84. The molecule has 1 N–H and O–H groups in total. The first-order valence-corrected chi connectivity index (χ1v) is 9.57. The Morgan fingerprint density at radius 1 is 1.15 bits per heavy atom. The van der Waals surface area contributed by atoms with Crippen LogP contribution in [0.3, 0.4) is 0 Å². The number of nitrogens with zero attached hydrogens (tertiary/aromatic N) is 3. The lowest BCUT2D eigenvalue weighted by Crippen LogP contribution is -2.09. The normalized spacial score (nSPS) is 11.2. The maximum atomic E-state index is 11.7. The summed E-state index contributed by atoms with van der Waals surface area (Å²) in [6.07, 6.45) is 6.16. The Morgan fingerprint density at radius 3 is 2.56 bits per heavy atom. The van der Waals surface area contributed by atoms with Crippen molar-refractivity contribution in [1.82, 2.24) is 14.3 Å². The molecule has 3 rings (SSSR count). The summed E-state index contributed by atoms with van der Waals surface area (Å²) in [6, 6.07) is 7.69. The van der Waals surface area contributed by atoms with Gasteiger partial charge in [0.25, 0.3) is 0 Å². The van der Waals surface area contributed by atoms with Gasteiger partial charge in [0.1, 0.15) is 11.4 Å². The standard InChI is InChI=1S/C21H27N3O3/c1-4-6-10-23-14-17(16-12-15(27-3)8-9-19(16)23)18-13-20(21(25)26)24(22-18)11-7-5-2/h8-9,12-14H,4-7,10-11H2,1-3H3,(H,25,26). The Labute approximate surface area is 159 Å². The summed E-state index contributed by atoms with van der Waals surface area (Å²) in [5, 5.41) is 15.2. The molecule has 2 heterocycles. The Hall–Kier alpha value is -2.76. The van der Waals surface area contributed by atoms with Crippen LogP contribution in [0.5, 0.6) is 5.75 Å². The van der Waals surface area contributed by atoms with Gasteiger partial charge >= 0.3 is 5.97 Å². The van der Waals surface area contributed by atoms with E-state index in [9.17, 15) is 9.90 Å². The number of carboxylic acid groups (broad SMARTS) is 1. The molecule has 0 bridgehead atoms. The van der Waals surface area contributed by atoms with Crippen molar-refractivity contribution < 1.29 is 14.6 Å². The SMILES string of the molecule is CCCCn1nc(-c2cn(CCCC)c3ccc(OC)cc23)cc1C(=O)O. The van der Waals surface area contributed by atoms with Gasteiger partial charge in [0.05, 0.1) is 12.8 Å². The van der Waals surface area contributed by atoms with E-state index in [-0.39, 0.29) is 5.69 Å². The second-order valence-electron chi connectivity index (χ2n) is 6.77. The summed E-state index contributed by atoms with van der Waals surface area (Å²) in [5.74, 6) is -0.168. The zero-order valence-corrected chi connectivity index (χ0v) is 16.2. The average Bonchev–Trinajstić information content (AvgIpc) is 3.25. The molecule has 2 aromatic heterocycles. The molecular formula is C21H27N3O3. The van der Waals surface area contributed by atoms with Gasteiger partial charge in [0, 0.05) is 35.8 Å². The van der Waals surface area contributed by atoms with Gasteiger partial charge in [-0.3, -0.25) is 4.68 Å². The zero-order valence-electron chi connectivity index (χ0n) is 16.2. The number of rotatable bonds is 9. The number of aryl methyl sites for hydroxylation is 2. The van der Waals surface area contributed by atoms with Crippen molar-refractivity contribution >= 4 is 16.9 Å². The second-order valence-corrected chi connectivity index (χ2v) is 6.77. The van der Waals surface area contributed by atoms with Gasteiger partial charge in [-0.15, -0.1) is 0 Å². The van der Waals surface area contributed by atoms with E-state index in [1.165, 1.54) is 0 Å². The molecule has 144 valence electrons. The molecule has 0 aliphatic carbocycles. The van der Waals surface area contributed by atoms with Crippen molar-refractivity contribution in [1.29, 1.82) is 0 Å². The van der Waals surface area contributed by atoms with E-state index in [2.05, 4.69) is 35.8 Å². The minimum absolute atomic E-state index is 0.232. The van der Waals surface area contributed by atoms with Crippen molar-refractivity contribution in [3.8, 4) is 17.0 Å². The number of ether oxygens (including phenoxy) is 1. The van der Waals surface area contributed by atoms with Crippen molar-refractivity contribution in [3.63, 3.8) is 0 Å². The Kier molecular flexibility index (Phi) is 5.84. The quantitative estimate of drug-likeness (QED) is 0.587. The average molecular weight is 369 g/mol. The van der Waals surface area contributed by atoms with Gasteiger partial charge in [-0.2, -0.15) is 5.10 Å². The molecule has 0 atom stereocenters. The van der Waals surface area contributed by atoms with Crippen LogP contribution >= 0.6 is 0 Å². The molecule has 0 saturated heterocycles. The van der Waals surface area contributed by atoms with Crippen LogP contribution in [0, 0.1) is 0 Å². The van der Waals surface area contributed by atoms with Gasteiger partial charge in [-0.25, -0.2) is 4.79 Å². The molecule has 6 nitrogen and oxygen atoms in total. The molecule has 3 aromatic rings. The third-order valence-electron chi connectivity index (χ3n) is 4.84. The van der Waals surface area contributed by atoms with E-state index >= 15 is 0 Å². The van der Waals surface area contributed by atoms with Gasteiger partial charge in [0.15, 0.2) is 0 Å². The van der Waals surface area contributed by atoms with E-state index < -0.39 is 5.97 Å². The molecule has 1 aromatic carbocycles. The number of unbranched alkanes of at least 4 members (excludes halogenated alkanes) is 2. The monoisotopic (exact) mass is 369 g/mol. The minimum Gasteiger partial charge on any atom is -0.497 e. The van der Waals surface area contributed by atoms with Crippen LogP contribution < -0.4 is 4.74 Å². The van der Waals surface area contributed by atoms with E-state index in [1.807, 2.05) is 12.1 Å². The van der Waals surface area contributed by atoms with Crippen molar-refractivity contribution in [3.05, 3.63) is 36.2 Å². The second kappa shape index (κ2) is 8.29. The first-order chi connectivity index (χ1) is 13.1. The smallest absolute Gasteiger partial charge is 0.354 e. The summed E-state index contributed by atoms with van der Waals surface area (Å²) < 4.78 is 9.22. The van der Waals surface area contributed by atoms with E-state index in [0.717, 1.165) is 54.4 Å². The lowest BCUT2D eigenvalue weighted by atomic mass is 10.1. The first kappa shape index (κ1) is 19.0. The highest BCUT2D eigenvalue weighted by molar-refractivity contribution is 5.97. The van der Waals surface area contributed by atoms with Crippen LogP contribution in [0.15, 0.2) is 30.5 Å². The summed E-state index contributed by atoms with van der Waals surface area (Å²) in [5.41, 5.74) is 2.98. The number of methoxy groups -OCH3 is 1. The molecule has 0 aliphatic rings. The Balaban J connectivity index is 2.13. The van der Waals surface area contributed by atoms with Gasteiger partial charge in [-0.05, 0) is 37.1 Å². The molecule has 0 saturated carbocycles. The van der Waals surface area contributed by atoms with Crippen LogP contribution in [-0.2, 0) is 13.1 Å². The number of carboxylic acids is 1. The molecular weight excluding hydrogens is 342 g/mol. The highest BCUT2D eigenvalue weighted by atomic mass is 16.5. The highest BCUT2D eigenvalue weighted by Crippen LogP contribution is 2.33. The molecule has 0 fully saturated rings. The van der Waals surface area contributed by atoms with Crippen LogP contribution in [-0.4, -0.2) is 32.5 Å². The molecule has 0 aliphatic heterocycles. The number of aromatic nitrogens is 3. The van der Waals surface area contributed by atoms with Gasteiger partial charge < -0.3 is 14.4 Å². The predicted molar refractivity (Wildman–Crippen MR) is 106 cm³/mol. The summed E-state index contributed by atoms with van der Waals surface area (Å²) in [4.78, 5) is 11.7. The molecule has 6 heteroatoms.